The molecule has 1 heterocycles. The maximum atomic E-state index is 12.4. The summed E-state index contributed by atoms with van der Waals surface area (Å²) in [6, 6.07) is 14.4. The lowest BCUT2D eigenvalue weighted by Gasteiger charge is -2.16. The Kier molecular flexibility index (Phi) is 5.31. The lowest BCUT2D eigenvalue weighted by molar-refractivity contribution is -0.122. The Labute approximate surface area is 158 Å². The molecule has 0 radical (unpaired) electrons. The van der Waals surface area contributed by atoms with Crippen molar-refractivity contribution in [2.45, 2.75) is 39.7 Å². The zero-order chi connectivity index (χ0) is 19.6. The molecule has 1 N–H and O–H groups in total. The van der Waals surface area contributed by atoms with E-state index in [9.17, 15) is 9.59 Å². The number of benzene rings is 2. The largest absolute Gasteiger partial charge is 0.481 e. The number of fused-ring (bicyclic) bond motifs is 1. The Morgan fingerprint density at radius 1 is 1.07 bits per heavy atom. The standard InChI is InChI=1S/C22H23NO4/c1-13(2)19-12-21(24)27-20-11-17(8-9-18(19)20)26-15(4)22(25)23-16-7-5-6-14(3)10-16/h5-13,15H,1-4H3,(H,23,25)/t15-/m1/s1. The van der Waals surface area contributed by atoms with Gasteiger partial charge in [0.25, 0.3) is 5.91 Å². The van der Waals surface area contributed by atoms with Crippen LogP contribution in [0.3, 0.4) is 0 Å². The Bertz CT molecular complexity index is 1040. The highest BCUT2D eigenvalue weighted by atomic mass is 16.5. The van der Waals surface area contributed by atoms with Crippen molar-refractivity contribution in [3.8, 4) is 5.75 Å². The second-order valence-electron chi connectivity index (χ2n) is 6.95. The first-order valence-corrected chi connectivity index (χ1v) is 8.95. The van der Waals surface area contributed by atoms with Gasteiger partial charge in [-0.3, -0.25) is 4.79 Å². The summed E-state index contributed by atoms with van der Waals surface area (Å²) in [5, 5.41) is 3.70. The van der Waals surface area contributed by atoms with Crippen LogP contribution in [0.5, 0.6) is 5.75 Å². The normalized spacial score (nSPS) is 12.2. The molecule has 2 aromatic carbocycles. The number of carbonyl (C=O) groups is 1. The predicted molar refractivity (Wildman–Crippen MR) is 106 cm³/mol. The fourth-order valence-electron chi connectivity index (χ4n) is 2.94. The molecule has 0 spiro atoms. The minimum Gasteiger partial charge on any atom is -0.481 e. The molecule has 0 aliphatic carbocycles. The van der Waals surface area contributed by atoms with Crippen molar-refractivity contribution >= 4 is 22.6 Å². The molecule has 0 fully saturated rings. The first-order valence-electron chi connectivity index (χ1n) is 8.95. The Balaban J connectivity index is 1.79. The summed E-state index contributed by atoms with van der Waals surface area (Å²) < 4.78 is 11.1. The Morgan fingerprint density at radius 3 is 2.56 bits per heavy atom. The van der Waals surface area contributed by atoms with Crippen LogP contribution in [-0.4, -0.2) is 12.0 Å². The number of ether oxygens (including phenoxy) is 1. The van der Waals surface area contributed by atoms with Crippen LogP contribution < -0.4 is 15.7 Å². The summed E-state index contributed by atoms with van der Waals surface area (Å²) in [7, 11) is 0. The van der Waals surface area contributed by atoms with Crippen LogP contribution in [0, 0.1) is 6.92 Å². The van der Waals surface area contributed by atoms with Crippen molar-refractivity contribution < 1.29 is 13.9 Å². The Morgan fingerprint density at radius 2 is 1.85 bits per heavy atom. The summed E-state index contributed by atoms with van der Waals surface area (Å²) in [5.74, 6) is 0.416. The van der Waals surface area contributed by atoms with Gasteiger partial charge in [0.1, 0.15) is 11.3 Å². The van der Waals surface area contributed by atoms with E-state index >= 15 is 0 Å². The number of nitrogens with one attached hydrogen (secondary N) is 1. The van der Waals surface area contributed by atoms with Gasteiger partial charge in [0, 0.05) is 23.2 Å². The zero-order valence-electron chi connectivity index (χ0n) is 15.9. The van der Waals surface area contributed by atoms with Gasteiger partial charge in [0.2, 0.25) is 0 Å². The Hall–Kier alpha value is -3.08. The van der Waals surface area contributed by atoms with Gasteiger partial charge in [0.15, 0.2) is 6.10 Å². The van der Waals surface area contributed by atoms with Crippen molar-refractivity contribution in [3.63, 3.8) is 0 Å². The molecule has 0 saturated heterocycles. The molecule has 5 heteroatoms. The molecule has 27 heavy (non-hydrogen) atoms. The monoisotopic (exact) mass is 365 g/mol. The molecule has 0 saturated carbocycles. The van der Waals surface area contributed by atoms with Crippen LogP contribution in [0.25, 0.3) is 11.0 Å². The van der Waals surface area contributed by atoms with Crippen LogP contribution in [0.4, 0.5) is 5.69 Å². The molecule has 3 aromatic rings. The molecule has 0 bridgehead atoms. The topological polar surface area (TPSA) is 68.5 Å². The summed E-state index contributed by atoms with van der Waals surface area (Å²) in [6.45, 7) is 7.69. The van der Waals surface area contributed by atoms with Gasteiger partial charge in [0.05, 0.1) is 0 Å². The second-order valence-corrected chi connectivity index (χ2v) is 6.95. The molecule has 140 valence electrons. The van der Waals surface area contributed by atoms with E-state index in [-0.39, 0.29) is 11.8 Å². The van der Waals surface area contributed by atoms with E-state index in [0.717, 1.165) is 22.2 Å². The van der Waals surface area contributed by atoms with Gasteiger partial charge in [-0.05, 0) is 55.2 Å². The van der Waals surface area contributed by atoms with Gasteiger partial charge >= 0.3 is 5.63 Å². The van der Waals surface area contributed by atoms with E-state index in [2.05, 4.69) is 5.32 Å². The maximum absolute atomic E-state index is 12.4. The van der Waals surface area contributed by atoms with Crippen LogP contribution in [-0.2, 0) is 4.79 Å². The second kappa shape index (κ2) is 7.66. The zero-order valence-corrected chi connectivity index (χ0v) is 15.9. The van der Waals surface area contributed by atoms with Crippen molar-refractivity contribution in [2.75, 3.05) is 5.32 Å². The number of hydrogen-bond donors (Lipinski definition) is 1. The first kappa shape index (κ1) is 18.7. The van der Waals surface area contributed by atoms with Crippen LogP contribution in [0.1, 0.15) is 37.8 Å². The molecule has 5 nitrogen and oxygen atoms in total. The summed E-state index contributed by atoms with van der Waals surface area (Å²) in [5.41, 5.74) is 2.77. The van der Waals surface area contributed by atoms with Crippen LogP contribution in [0.15, 0.2) is 57.7 Å². The highest BCUT2D eigenvalue weighted by molar-refractivity contribution is 5.94. The molecule has 1 amide bonds. The molecule has 3 rings (SSSR count). The molecule has 0 aliphatic rings. The van der Waals surface area contributed by atoms with Crippen LogP contribution in [0.2, 0.25) is 0 Å². The lowest BCUT2D eigenvalue weighted by atomic mass is 10.00. The molecule has 1 atom stereocenters. The number of amides is 1. The minimum atomic E-state index is -0.706. The average molecular weight is 365 g/mol. The molecular formula is C22H23NO4. The fraction of sp³-hybridized carbons (Fsp3) is 0.273. The van der Waals surface area contributed by atoms with E-state index < -0.39 is 11.7 Å². The average Bonchev–Trinajstić information content (AvgIpc) is 2.60. The lowest BCUT2D eigenvalue weighted by Crippen LogP contribution is -2.30. The van der Waals surface area contributed by atoms with E-state index in [1.807, 2.05) is 51.1 Å². The smallest absolute Gasteiger partial charge is 0.336 e. The molecule has 0 aliphatic heterocycles. The SMILES string of the molecule is Cc1cccc(NC(=O)[C@@H](C)Oc2ccc3c(C(C)C)cc(=O)oc3c2)c1. The number of aryl methyl sites for hydroxylation is 1. The number of anilines is 1. The quantitative estimate of drug-likeness (QED) is 0.669. The predicted octanol–water partition coefficient (Wildman–Crippen LogP) is 4.63. The van der Waals surface area contributed by atoms with Gasteiger partial charge in [-0.1, -0.05) is 26.0 Å². The number of rotatable bonds is 5. The third-order valence-corrected chi connectivity index (χ3v) is 4.34. The van der Waals surface area contributed by atoms with E-state index in [4.69, 9.17) is 9.15 Å². The summed E-state index contributed by atoms with van der Waals surface area (Å²) in [6.07, 6.45) is -0.706. The minimum absolute atomic E-state index is 0.197. The fourth-order valence-corrected chi connectivity index (χ4v) is 2.94. The van der Waals surface area contributed by atoms with Gasteiger partial charge in [-0.25, -0.2) is 4.79 Å². The highest BCUT2D eigenvalue weighted by Gasteiger charge is 2.16. The third kappa shape index (κ3) is 4.37. The number of carbonyl (C=O) groups excluding carboxylic acids is 1. The van der Waals surface area contributed by atoms with E-state index in [0.29, 0.717) is 11.3 Å². The molecular weight excluding hydrogens is 342 g/mol. The molecule has 1 aromatic heterocycles. The van der Waals surface area contributed by atoms with Crippen LogP contribution >= 0.6 is 0 Å². The highest BCUT2D eigenvalue weighted by Crippen LogP contribution is 2.27. The summed E-state index contributed by atoms with van der Waals surface area (Å²) in [4.78, 5) is 24.2. The summed E-state index contributed by atoms with van der Waals surface area (Å²) >= 11 is 0. The van der Waals surface area contributed by atoms with Crippen molar-refractivity contribution in [1.82, 2.24) is 0 Å². The van der Waals surface area contributed by atoms with Gasteiger partial charge in [-0.2, -0.15) is 0 Å². The van der Waals surface area contributed by atoms with Gasteiger partial charge in [-0.15, -0.1) is 0 Å². The van der Waals surface area contributed by atoms with Crippen molar-refractivity contribution in [3.05, 3.63) is 70.1 Å². The van der Waals surface area contributed by atoms with Crippen molar-refractivity contribution in [1.29, 1.82) is 0 Å². The number of hydrogen-bond acceptors (Lipinski definition) is 4. The van der Waals surface area contributed by atoms with Crippen molar-refractivity contribution in [2.24, 2.45) is 0 Å². The van der Waals surface area contributed by atoms with E-state index in [1.165, 1.54) is 6.07 Å². The van der Waals surface area contributed by atoms with Gasteiger partial charge < -0.3 is 14.5 Å². The van der Waals surface area contributed by atoms with E-state index in [1.54, 1.807) is 19.1 Å². The maximum Gasteiger partial charge on any atom is 0.336 e. The molecule has 0 unspecified atom stereocenters. The third-order valence-electron chi connectivity index (χ3n) is 4.34. The first-order chi connectivity index (χ1) is 12.8.